The Balaban J connectivity index is 3.25. The summed E-state index contributed by atoms with van der Waals surface area (Å²) >= 11 is 0. The van der Waals surface area contributed by atoms with Crippen LogP contribution in [0.15, 0.2) is 23.8 Å². The van der Waals surface area contributed by atoms with Gasteiger partial charge in [-0.05, 0) is 23.8 Å². The lowest BCUT2D eigenvalue weighted by molar-refractivity contribution is 0.0693. The summed E-state index contributed by atoms with van der Waals surface area (Å²) < 4.78 is 4.92. The van der Waals surface area contributed by atoms with Crippen LogP contribution in [0, 0.1) is 22.7 Å². The third-order valence-corrected chi connectivity index (χ3v) is 2.01. The van der Waals surface area contributed by atoms with Gasteiger partial charge in [0.1, 0.15) is 29.0 Å². The first-order chi connectivity index (χ1) is 8.12. The quantitative estimate of drug-likeness (QED) is 0.796. The van der Waals surface area contributed by atoms with Crippen LogP contribution < -0.4 is 4.74 Å². The van der Waals surface area contributed by atoms with Crippen LogP contribution in [0.5, 0.6) is 5.75 Å². The molecule has 0 saturated heterocycles. The van der Waals surface area contributed by atoms with E-state index in [1.54, 1.807) is 12.1 Å². The highest BCUT2D eigenvalue weighted by Gasteiger charge is 2.10. The van der Waals surface area contributed by atoms with Gasteiger partial charge in [0.05, 0.1) is 7.11 Å². The van der Waals surface area contributed by atoms with E-state index in [2.05, 4.69) is 0 Å². The summed E-state index contributed by atoms with van der Waals surface area (Å²) in [5, 5.41) is 26.0. The lowest BCUT2D eigenvalue weighted by Gasteiger charge is -2.05. The van der Waals surface area contributed by atoms with Crippen molar-refractivity contribution >= 4 is 12.0 Å². The second-order valence-electron chi connectivity index (χ2n) is 3.05. The number of nitrogens with zero attached hydrogens (tertiary/aromatic N) is 2. The molecule has 0 fully saturated rings. The molecule has 17 heavy (non-hydrogen) atoms. The summed E-state index contributed by atoms with van der Waals surface area (Å²) in [6.45, 7) is 0. The molecule has 0 aliphatic heterocycles. The van der Waals surface area contributed by atoms with Gasteiger partial charge in [-0.2, -0.15) is 10.5 Å². The fourth-order valence-corrected chi connectivity index (χ4v) is 1.23. The predicted molar refractivity (Wildman–Crippen MR) is 59.2 cm³/mol. The Morgan fingerprint density at radius 3 is 2.53 bits per heavy atom. The highest BCUT2D eigenvalue weighted by atomic mass is 16.5. The Kier molecular flexibility index (Phi) is 3.86. The zero-order valence-electron chi connectivity index (χ0n) is 8.97. The van der Waals surface area contributed by atoms with Crippen LogP contribution in [0.2, 0.25) is 0 Å². The molecule has 1 N–H and O–H groups in total. The van der Waals surface area contributed by atoms with Crippen molar-refractivity contribution in [1.82, 2.24) is 0 Å². The maximum Gasteiger partial charge on any atom is 0.339 e. The van der Waals surface area contributed by atoms with E-state index < -0.39 is 5.97 Å². The summed E-state index contributed by atoms with van der Waals surface area (Å²) in [6, 6.07) is 7.75. The predicted octanol–water partition coefficient (Wildman–Crippen LogP) is 1.82. The second kappa shape index (κ2) is 5.34. The van der Waals surface area contributed by atoms with E-state index in [4.69, 9.17) is 20.4 Å². The maximum absolute atomic E-state index is 10.8. The molecule has 0 amide bonds. The van der Waals surface area contributed by atoms with Crippen LogP contribution in [0.4, 0.5) is 0 Å². The van der Waals surface area contributed by atoms with Crippen LogP contribution in [0.25, 0.3) is 6.08 Å². The maximum atomic E-state index is 10.8. The Morgan fingerprint density at radius 2 is 2.06 bits per heavy atom. The third-order valence-electron chi connectivity index (χ3n) is 2.01. The Labute approximate surface area is 97.8 Å². The molecule has 0 bridgehead atoms. The topological polar surface area (TPSA) is 94.1 Å². The number of carboxylic acids is 1. The molecular weight excluding hydrogens is 220 g/mol. The lowest BCUT2D eigenvalue weighted by Crippen LogP contribution is -2.00. The number of carboxylic acid groups (broad SMARTS) is 1. The lowest BCUT2D eigenvalue weighted by atomic mass is 10.1. The van der Waals surface area contributed by atoms with E-state index in [1.165, 1.54) is 31.4 Å². The molecule has 0 aliphatic rings. The number of allylic oxidation sites excluding steroid dienone is 1. The first kappa shape index (κ1) is 12.3. The van der Waals surface area contributed by atoms with Crippen molar-refractivity contribution in [2.45, 2.75) is 0 Å². The number of carbonyl (C=O) groups is 1. The molecule has 1 aromatic rings. The zero-order chi connectivity index (χ0) is 12.8. The number of benzene rings is 1. The fraction of sp³-hybridized carbons (Fsp3) is 0.0833. The van der Waals surface area contributed by atoms with Gasteiger partial charge in [0.25, 0.3) is 0 Å². The summed E-state index contributed by atoms with van der Waals surface area (Å²) in [5.41, 5.74) is 0.500. The first-order valence-electron chi connectivity index (χ1n) is 4.55. The van der Waals surface area contributed by atoms with Crippen molar-refractivity contribution < 1.29 is 14.6 Å². The van der Waals surface area contributed by atoms with Crippen LogP contribution in [0.1, 0.15) is 15.9 Å². The van der Waals surface area contributed by atoms with Gasteiger partial charge >= 0.3 is 5.97 Å². The van der Waals surface area contributed by atoms with Crippen molar-refractivity contribution in [3.8, 4) is 17.9 Å². The van der Waals surface area contributed by atoms with Gasteiger partial charge in [0.15, 0.2) is 0 Å². The molecule has 0 saturated carbocycles. The average molecular weight is 228 g/mol. The summed E-state index contributed by atoms with van der Waals surface area (Å²) in [6.07, 6.45) is 1.36. The smallest absolute Gasteiger partial charge is 0.339 e. The van der Waals surface area contributed by atoms with E-state index >= 15 is 0 Å². The number of methoxy groups -OCH3 is 1. The van der Waals surface area contributed by atoms with Gasteiger partial charge in [-0.1, -0.05) is 6.07 Å². The minimum atomic E-state index is -1.10. The molecule has 0 aliphatic carbocycles. The van der Waals surface area contributed by atoms with E-state index in [0.717, 1.165) is 0 Å². The molecule has 0 unspecified atom stereocenters. The third kappa shape index (κ3) is 2.83. The number of hydrogen-bond acceptors (Lipinski definition) is 4. The standard InChI is InChI=1S/C12H8N2O3/c1-17-11-5-8(4-9(6-13)7-14)2-3-10(11)12(15)16/h2-5H,1H3,(H,15,16). The molecular formula is C12H8N2O3. The normalized spacial score (nSPS) is 8.65. The number of aromatic carboxylic acids is 1. The van der Waals surface area contributed by atoms with Crippen molar-refractivity contribution in [2.75, 3.05) is 7.11 Å². The monoisotopic (exact) mass is 228 g/mol. The summed E-state index contributed by atoms with van der Waals surface area (Å²) in [5.74, 6) is -0.917. The van der Waals surface area contributed by atoms with Crippen molar-refractivity contribution in [3.63, 3.8) is 0 Å². The van der Waals surface area contributed by atoms with Crippen LogP contribution in [-0.2, 0) is 0 Å². The average Bonchev–Trinajstić information content (AvgIpc) is 2.35. The SMILES string of the molecule is COc1cc(C=C(C#N)C#N)ccc1C(=O)O. The molecule has 1 rings (SSSR count). The summed E-state index contributed by atoms with van der Waals surface area (Å²) in [7, 11) is 1.35. The zero-order valence-corrected chi connectivity index (χ0v) is 8.97. The molecule has 0 radical (unpaired) electrons. The molecule has 5 heteroatoms. The molecule has 0 aromatic heterocycles. The van der Waals surface area contributed by atoms with Crippen molar-refractivity contribution in [1.29, 1.82) is 10.5 Å². The van der Waals surface area contributed by atoms with Crippen LogP contribution in [0.3, 0.4) is 0 Å². The van der Waals surface area contributed by atoms with Gasteiger partial charge in [-0.3, -0.25) is 0 Å². The minimum Gasteiger partial charge on any atom is -0.496 e. The number of ether oxygens (including phenoxy) is 1. The van der Waals surface area contributed by atoms with Gasteiger partial charge in [0.2, 0.25) is 0 Å². The molecule has 0 atom stereocenters. The Hall–Kier alpha value is -2.79. The second-order valence-corrected chi connectivity index (χ2v) is 3.05. The highest BCUT2D eigenvalue weighted by Crippen LogP contribution is 2.21. The molecule has 5 nitrogen and oxygen atoms in total. The van der Waals surface area contributed by atoms with E-state index in [1.807, 2.05) is 0 Å². The van der Waals surface area contributed by atoms with Crippen LogP contribution >= 0.6 is 0 Å². The van der Waals surface area contributed by atoms with Gasteiger partial charge in [-0.15, -0.1) is 0 Å². The Bertz CT molecular complexity index is 546. The van der Waals surface area contributed by atoms with Gasteiger partial charge in [0, 0.05) is 0 Å². The largest absolute Gasteiger partial charge is 0.496 e. The van der Waals surface area contributed by atoms with Crippen molar-refractivity contribution in [2.24, 2.45) is 0 Å². The van der Waals surface area contributed by atoms with Crippen LogP contribution in [-0.4, -0.2) is 18.2 Å². The number of nitriles is 2. The van der Waals surface area contributed by atoms with E-state index in [0.29, 0.717) is 5.56 Å². The molecule has 0 spiro atoms. The van der Waals surface area contributed by atoms with Crippen molar-refractivity contribution in [3.05, 3.63) is 34.9 Å². The summed E-state index contributed by atoms with van der Waals surface area (Å²) in [4.78, 5) is 10.8. The van der Waals surface area contributed by atoms with E-state index in [-0.39, 0.29) is 16.9 Å². The molecule has 1 aromatic carbocycles. The number of hydrogen-bond donors (Lipinski definition) is 1. The van der Waals surface area contributed by atoms with E-state index in [9.17, 15) is 4.79 Å². The first-order valence-corrected chi connectivity index (χ1v) is 4.55. The molecule has 84 valence electrons. The van der Waals surface area contributed by atoms with Gasteiger partial charge in [-0.25, -0.2) is 4.79 Å². The number of rotatable bonds is 3. The highest BCUT2D eigenvalue weighted by molar-refractivity contribution is 5.91. The van der Waals surface area contributed by atoms with Gasteiger partial charge < -0.3 is 9.84 Å². The fourth-order valence-electron chi connectivity index (χ4n) is 1.23. The minimum absolute atomic E-state index is 0.0279. The Morgan fingerprint density at radius 1 is 1.41 bits per heavy atom. The molecule has 0 heterocycles.